The van der Waals surface area contributed by atoms with E-state index in [-0.39, 0.29) is 5.41 Å². The van der Waals surface area contributed by atoms with Crippen molar-refractivity contribution in [3.8, 4) is 17.3 Å². The molecule has 6 nitrogen and oxygen atoms in total. The molecular formula is C20H26N4O2. The van der Waals surface area contributed by atoms with Gasteiger partial charge in [-0.1, -0.05) is 31.2 Å². The molecule has 1 aromatic heterocycles. The molecule has 0 fully saturated rings. The van der Waals surface area contributed by atoms with Crippen molar-refractivity contribution in [3.63, 3.8) is 0 Å². The number of hydrogen-bond acceptors (Lipinski definition) is 5. The molecule has 0 spiro atoms. The van der Waals surface area contributed by atoms with E-state index >= 15 is 0 Å². The van der Waals surface area contributed by atoms with Crippen molar-refractivity contribution >= 4 is 0 Å². The lowest BCUT2D eigenvalue weighted by atomic mass is 9.79. The monoisotopic (exact) mass is 354 g/mol. The SMILES string of the molecule is C=CCC(CC)(CCOC)COCc1cccc(-c2n[nH]nc2C#N)c1. The fourth-order valence-electron chi connectivity index (χ4n) is 2.99. The second-order valence-electron chi connectivity index (χ2n) is 6.41. The molecule has 0 amide bonds. The van der Waals surface area contributed by atoms with E-state index in [4.69, 9.17) is 14.7 Å². The maximum atomic E-state index is 9.10. The van der Waals surface area contributed by atoms with E-state index < -0.39 is 0 Å². The van der Waals surface area contributed by atoms with Gasteiger partial charge in [0.25, 0.3) is 0 Å². The van der Waals surface area contributed by atoms with Gasteiger partial charge in [-0.2, -0.15) is 15.6 Å². The molecule has 6 heteroatoms. The fraction of sp³-hybridized carbons (Fsp3) is 0.450. The van der Waals surface area contributed by atoms with E-state index in [9.17, 15) is 0 Å². The minimum Gasteiger partial charge on any atom is -0.385 e. The Balaban J connectivity index is 2.04. The highest BCUT2D eigenvalue weighted by Gasteiger charge is 2.27. The number of benzene rings is 1. The number of nitriles is 1. The summed E-state index contributed by atoms with van der Waals surface area (Å²) in [5, 5.41) is 19.5. The molecule has 0 bridgehead atoms. The quantitative estimate of drug-likeness (QED) is 0.619. The summed E-state index contributed by atoms with van der Waals surface area (Å²) in [7, 11) is 1.72. The fourth-order valence-corrected chi connectivity index (χ4v) is 2.99. The first-order chi connectivity index (χ1) is 12.7. The average Bonchev–Trinajstić information content (AvgIpc) is 3.15. The van der Waals surface area contributed by atoms with Gasteiger partial charge in [0.05, 0.1) is 13.2 Å². The zero-order valence-corrected chi connectivity index (χ0v) is 15.5. The van der Waals surface area contributed by atoms with Crippen molar-refractivity contribution in [3.05, 3.63) is 48.2 Å². The van der Waals surface area contributed by atoms with Gasteiger partial charge in [0.2, 0.25) is 0 Å². The topological polar surface area (TPSA) is 83.8 Å². The Morgan fingerprint density at radius 3 is 2.92 bits per heavy atom. The normalized spacial score (nSPS) is 13.1. The van der Waals surface area contributed by atoms with Crippen LogP contribution in [0, 0.1) is 16.7 Å². The lowest BCUT2D eigenvalue weighted by molar-refractivity contribution is 0.0128. The lowest BCUT2D eigenvalue weighted by Crippen LogP contribution is -2.27. The second-order valence-corrected chi connectivity index (χ2v) is 6.41. The molecule has 1 unspecified atom stereocenters. The molecule has 0 saturated carbocycles. The summed E-state index contributed by atoms with van der Waals surface area (Å²) in [5.41, 5.74) is 2.78. The summed E-state index contributed by atoms with van der Waals surface area (Å²) >= 11 is 0. The van der Waals surface area contributed by atoms with E-state index in [0.717, 1.165) is 30.4 Å². The highest BCUT2D eigenvalue weighted by molar-refractivity contribution is 5.64. The minimum atomic E-state index is 0.0511. The Hall–Kier alpha value is -2.49. The summed E-state index contributed by atoms with van der Waals surface area (Å²) in [6.45, 7) is 7.92. The van der Waals surface area contributed by atoms with Gasteiger partial charge in [0.15, 0.2) is 5.69 Å². The van der Waals surface area contributed by atoms with E-state index in [2.05, 4.69) is 28.9 Å². The first kappa shape index (κ1) is 19.8. The number of aromatic amines is 1. The number of nitrogens with one attached hydrogen (secondary N) is 1. The zero-order valence-electron chi connectivity index (χ0n) is 15.5. The molecule has 1 heterocycles. The number of methoxy groups -OCH3 is 1. The van der Waals surface area contributed by atoms with Crippen LogP contribution in [0.4, 0.5) is 0 Å². The van der Waals surface area contributed by atoms with Crippen molar-refractivity contribution in [2.75, 3.05) is 20.3 Å². The van der Waals surface area contributed by atoms with Gasteiger partial charge >= 0.3 is 0 Å². The predicted molar refractivity (Wildman–Crippen MR) is 100 cm³/mol. The number of H-pyrrole nitrogens is 1. The highest BCUT2D eigenvalue weighted by Crippen LogP contribution is 2.32. The first-order valence-electron chi connectivity index (χ1n) is 8.76. The number of allylic oxidation sites excluding steroid dienone is 1. The molecule has 0 saturated heterocycles. The molecule has 2 aromatic rings. The Bertz CT molecular complexity index is 750. The van der Waals surface area contributed by atoms with Crippen LogP contribution in [0.15, 0.2) is 36.9 Å². The van der Waals surface area contributed by atoms with Gasteiger partial charge in [0.1, 0.15) is 11.8 Å². The number of nitrogens with zero attached hydrogens (tertiary/aromatic N) is 3. The summed E-state index contributed by atoms with van der Waals surface area (Å²) < 4.78 is 11.3. The Morgan fingerprint density at radius 2 is 2.23 bits per heavy atom. The third-order valence-corrected chi connectivity index (χ3v) is 4.70. The van der Waals surface area contributed by atoms with Crippen molar-refractivity contribution in [2.45, 2.75) is 32.8 Å². The van der Waals surface area contributed by atoms with Gasteiger partial charge in [0, 0.05) is 19.3 Å². The largest absolute Gasteiger partial charge is 0.385 e. The molecular weight excluding hydrogens is 328 g/mol. The van der Waals surface area contributed by atoms with Crippen LogP contribution in [0.25, 0.3) is 11.3 Å². The van der Waals surface area contributed by atoms with Crippen LogP contribution in [0.5, 0.6) is 0 Å². The Morgan fingerprint density at radius 1 is 1.38 bits per heavy atom. The third kappa shape index (κ3) is 5.01. The maximum absolute atomic E-state index is 9.10. The molecule has 1 N–H and O–H groups in total. The van der Waals surface area contributed by atoms with Crippen LogP contribution >= 0.6 is 0 Å². The Kier molecular flexibility index (Phi) is 7.52. The Labute approximate surface area is 154 Å². The van der Waals surface area contributed by atoms with Crippen LogP contribution in [-0.2, 0) is 16.1 Å². The number of ether oxygens (including phenoxy) is 2. The lowest BCUT2D eigenvalue weighted by Gasteiger charge is -2.31. The van der Waals surface area contributed by atoms with Crippen molar-refractivity contribution in [1.29, 1.82) is 5.26 Å². The van der Waals surface area contributed by atoms with Gasteiger partial charge < -0.3 is 9.47 Å². The summed E-state index contributed by atoms with van der Waals surface area (Å²) in [5.74, 6) is 0. The van der Waals surface area contributed by atoms with Crippen molar-refractivity contribution in [2.24, 2.45) is 5.41 Å². The van der Waals surface area contributed by atoms with Gasteiger partial charge in [-0.25, -0.2) is 0 Å². The highest BCUT2D eigenvalue weighted by atomic mass is 16.5. The number of aromatic nitrogens is 3. The van der Waals surface area contributed by atoms with Gasteiger partial charge in [-0.05, 0) is 36.3 Å². The molecule has 0 aliphatic rings. The first-order valence-corrected chi connectivity index (χ1v) is 8.76. The van der Waals surface area contributed by atoms with E-state index in [1.54, 1.807) is 7.11 Å². The molecule has 2 rings (SSSR count). The summed E-state index contributed by atoms with van der Waals surface area (Å²) in [4.78, 5) is 0. The van der Waals surface area contributed by atoms with Gasteiger partial charge in [-0.15, -0.1) is 11.7 Å². The smallest absolute Gasteiger partial charge is 0.190 e. The van der Waals surface area contributed by atoms with Crippen LogP contribution in [-0.4, -0.2) is 35.7 Å². The van der Waals surface area contributed by atoms with E-state index in [0.29, 0.717) is 31.2 Å². The van der Waals surface area contributed by atoms with E-state index in [1.165, 1.54) is 0 Å². The number of rotatable bonds is 11. The van der Waals surface area contributed by atoms with Crippen LogP contribution in [0.1, 0.15) is 37.4 Å². The van der Waals surface area contributed by atoms with Gasteiger partial charge in [-0.3, -0.25) is 0 Å². The van der Waals surface area contributed by atoms with Crippen molar-refractivity contribution in [1.82, 2.24) is 15.4 Å². The molecule has 0 aliphatic heterocycles. The molecule has 1 aromatic carbocycles. The third-order valence-electron chi connectivity index (χ3n) is 4.70. The summed E-state index contributed by atoms with van der Waals surface area (Å²) in [6, 6.07) is 9.88. The molecule has 0 radical (unpaired) electrons. The number of hydrogen-bond donors (Lipinski definition) is 1. The zero-order chi connectivity index (χ0) is 18.8. The minimum absolute atomic E-state index is 0.0511. The maximum Gasteiger partial charge on any atom is 0.190 e. The van der Waals surface area contributed by atoms with E-state index in [1.807, 2.05) is 36.4 Å². The second kappa shape index (κ2) is 9.85. The average molecular weight is 354 g/mol. The van der Waals surface area contributed by atoms with Crippen LogP contribution < -0.4 is 0 Å². The summed E-state index contributed by atoms with van der Waals surface area (Å²) in [6.07, 6.45) is 4.80. The van der Waals surface area contributed by atoms with Crippen molar-refractivity contribution < 1.29 is 9.47 Å². The van der Waals surface area contributed by atoms with Crippen LogP contribution in [0.3, 0.4) is 0 Å². The molecule has 138 valence electrons. The van der Waals surface area contributed by atoms with Crippen LogP contribution in [0.2, 0.25) is 0 Å². The molecule has 26 heavy (non-hydrogen) atoms. The molecule has 1 atom stereocenters. The molecule has 0 aliphatic carbocycles. The standard InChI is InChI=1S/C20H26N4O2/c1-4-9-20(5-2,10-11-25-3)15-26-14-16-7-6-8-17(12-16)19-18(13-21)22-24-23-19/h4,6-8,12H,1,5,9-11,14-15H2,2-3H3,(H,22,23,24). The predicted octanol–water partition coefficient (Wildman–Crippen LogP) is 3.87.